The van der Waals surface area contributed by atoms with E-state index < -0.39 is 0 Å². The summed E-state index contributed by atoms with van der Waals surface area (Å²) in [5.74, 6) is 2.87. The predicted octanol–water partition coefficient (Wildman–Crippen LogP) is 2.51. The second-order valence-corrected chi connectivity index (χ2v) is 4.08. The molecule has 1 heterocycles. The van der Waals surface area contributed by atoms with Crippen LogP contribution in [0.5, 0.6) is 11.5 Å². The second kappa shape index (κ2) is 5.56. The fraction of sp³-hybridized carbons (Fsp3) is 0.286. The summed E-state index contributed by atoms with van der Waals surface area (Å²) in [6, 6.07) is 5.58. The molecule has 2 aromatic rings. The van der Waals surface area contributed by atoms with Crippen LogP contribution in [0, 0.1) is 6.92 Å². The smallest absolute Gasteiger partial charge is 0.161 e. The minimum atomic E-state index is 0.632. The molecular weight excluding hydrogens is 242 g/mol. The van der Waals surface area contributed by atoms with Gasteiger partial charge in [0.2, 0.25) is 0 Å². The number of methoxy groups -OCH3 is 2. The molecule has 0 aliphatic rings. The van der Waals surface area contributed by atoms with Gasteiger partial charge < -0.3 is 14.8 Å². The van der Waals surface area contributed by atoms with Crippen LogP contribution in [0.2, 0.25) is 0 Å². The maximum Gasteiger partial charge on any atom is 0.161 e. The predicted molar refractivity (Wildman–Crippen MR) is 74.9 cm³/mol. The summed E-state index contributed by atoms with van der Waals surface area (Å²) < 4.78 is 10.5. The number of hydrogen-bond donors (Lipinski definition) is 1. The molecule has 0 spiro atoms. The van der Waals surface area contributed by atoms with Gasteiger partial charge in [0.15, 0.2) is 5.82 Å². The number of anilines is 1. The standard InChI is InChI=1S/C14H17N3O2/c1-9-8-16-14(17-13(9)15-2)10-5-11(18-3)7-12(6-10)19-4/h5-8H,1-4H3,(H,15,16,17). The van der Waals surface area contributed by atoms with E-state index in [0.717, 1.165) is 16.9 Å². The van der Waals surface area contributed by atoms with Crippen molar-refractivity contribution in [1.82, 2.24) is 9.97 Å². The number of rotatable bonds is 4. The molecule has 0 fully saturated rings. The Morgan fingerprint density at radius 1 is 1.05 bits per heavy atom. The Kier molecular flexibility index (Phi) is 3.85. The topological polar surface area (TPSA) is 56.3 Å². The van der Waals surface area contributed by atoms with Crippen LogP contribution in [-0.4, -0.2) is 31.2 Å². The van der Waals surface area contributed by atoms with Gasteiger partial charge in [0, 0.05) is 30.4 Å². The average molecular weight is 259 g/mol. The van der Waals surface area contributed by atoms with E-state index >= 15 is 0 Å². The van der Waals surface area contributed by atoms with Crippen molar-refractivity contribution in [3.8, 4) is 22.9 Å². The van der Waals surface area contributed by atoms with Gasteiger partial charge >= 0.3 is 0 Å². The first kappa shape index (κ1) is 13.1. The van der Waals surface area contributed by atoms with Gasteiger partial charge in [0.1, 0.15) is 17.3 Å². The zero-order valence-corrected chi connectivity index (χ0v) is 11.5. The number of aromatic nitrogens is 2. The Morgan fingerprint density at radius 2 is 1.68 bits per heavy atom. The molecule has 0 amide bonds. The Morgan fingerprint density at radius 3 is 2.21 bits per heavy atom. The summed E-state index contributed by atoms with van der Waals surface area (Å²) in [5.41, 5.74) is 1.86. The Balaban J connectivity index is 2.51. The summed E-state index contributed by atoms with van der Waals surface area (Å²) >= 11 is 0. The Hall–Kier alpha value is -2.30. The lowest BCUT2D eigenvalue weighted by Gasteiger charge is -2.09. The molecule has 1 N–H and O–H groups in total. The summed E-state index contributed by atoms with van der Waals surface area (Å²) in [4.78, 5) is 8.82. The lowest BCUT2D eigenvalue weighted by molar-refractivity contribution is 0.394. The molecule has 2 rings (SSSR count). The molecule has 0 saturated heterocycles. The number of nitrogens with one attached hydrogen (secondary N) is 1. The van der Waals surface area contributed by atoms with Crippen LogP contribution in [0.3, 0.4) is 0 Å². The highest BCUT2D eigenvalue weighted by Crippen LogP contribution is 2.28. The molecule has 0 atom stereocenters. The van der Waals surface area contributed by atoms with Crippen LogP contribution in [0.15, 0.2) is 24.4 Å². The minimum Gasteiger partial charge on any atom is -0.497 e. The number of benzene rings is 1. The highest BCUT2D eigenvalue weighted by atomic mass is 16.5. The third kappa shape index (κ3) is 2.76. The molecule has 1 aromatic carbocycles. The van der Waals surface area contributed by atoms with Gasteiger partial charge in [-0.3, -0.25) is 0 Å². The Bertz CT molecular complexity index is 563. The second-order valence-electron chi connectivity index (χ2n) is 4.08. The number of hydrogen-bond acceptors (Lipinski definition) is 5. The highest BCUT2D eigenvalue weighted by Gasteiger charge is 2.08. The van der Waals surface area contributed by atoms with Gasteiger partial charge in [-0.15, -0.1) is 0 Å². The minimum absolute atomic E-state index is 0.632. The molecule has 5 nitrogen and oxygen atoms in total. The molecule has 0 radical (unpaired) electrons. The quantitative estimate of drug-likeness (QED) is 0.914. The van der Waals surface area contributed by atoms with Crippen molar-refractivity contribution < 1.29 is 9.47 Å². The van der Waals surface area contributed by atoms with Gasteiger partial charge in [-0.05, 0) is 19.1 Å². The van der Waals surface area contributed by atoms with Crippen molar-refractivity contribution in [2.24, 2.45) is 0 Å². The van der Waals surface area contributed by atoms with Crippen molar-refractivity contribution in [1.29, 1.82) is 0 Å². The molecule has 100 valence electrons. The monoisotopic (exact) mass is 259 g/mol. The van der Waals surface area contributed by atoms with Gasteiger partial charge in [0.05, 0.1) is 14.2 Å². The molecule has 0 saturated carbocycles. The fourth-order valence-electron chi connectivity index (χ4n) is 1.77. The first-order valence-corrected chi connectivity index (χ1v) is 5.92. The summed E-state index contributed by atoms with van der Waals surface area (Å²) in [5, 5.41) is 3.05. The van der Waals surface area contributed by atoms with Gasteiger partial charge in [-0.1, -0.05) is 0 Å². The van der Waals surface area contributed by atoms with E-state index in [9.17, 15) is 0 Å². The van der Waals surface area contributed by atoms with E-state index in [1.165, 1.54) is 0 Å². The lowest BCUT2D eigenvalue weighted by Crippen LogP contribution is -1.99. The van der Waals surface area contributed by atoms with Gasteiger partial charge in [-0.2, -0.15) is 0 Å². The largest absolute Gasteiger partial charge is 0.497 e. The van der Waals surface area contributed by atoms with Gasteiger partial charge in [0.25, 0.3) is 0 Å². The zero-order valence-electron chi connectivity index (χ0n) is 11.5. The molecule has 0 bridgehead atoms. The fourth-order valence-corrected chi connectivity index (χ4v) is 1.77. The lowest BCUT2D eigenvalue weighted by atomic mass is 10.2. The summed E-state index contributed by atoms with van der Waals surface area (Å²) in [6.07, 6.45) is 1.79. The third-order valence-electron chi connectivity index (χ3n) is 2.82. The summed E-state index contributed by atoms with van der Waals surface area (Å²) in [7, 11) is 5.08. The van der Waals surface area contributed by atoms with Crippen LogP contribution in [-0.2, 0) is 0 Å². The maximum absolute atomic E-state index is 5.25. The van der Waals surface area contributed by atoms with Crippen molar-refractivity contribution in [2.45, 2.75) is 6.92 Å². The van der Waals surface area contributed by atoms with Crippen molar-refractivity contribution in [3.63, 3.8) is 0 Å². The molecule has 1 aromatic heterocycles. The van der Waals surface area contributed by atoms with Crippen LogP contribution in [0.25, 0.3) is 11.4 Å². The number of aryl methyl sites for hydroxylation is 1. The molecule has 0 aliphatic carbocycles. The van der Waals surface area contributed by atoms with Crippen LogP contribution in [0.1, 0.15) is 5.56 Å². The van der Waals surface area contributed by atoms with E-state index in [4.69, 9.17) is 9.47 Å². The zero-order chi connectivity index (χ0) is 13.8. The average Bonchev–Trinajstić information content (AvgIpc) is 2.47. The van der Waals surface area contributed by atoms with E-state index in [0.29, 0.717) is 17.3 Å². The van der Waals surface area contributed by atoms with Crippen LogP contribution >= 0.6 is 0 Å². The molecule has 0 aliphatic heterocycles. The van der Waals surface area contributed by atoms with E-state index in [1.807, 2.05) is 32.2 Å². The number of ether oxygens (including phenoxy) is 2. The number of nitrogens with zero attached hydrogens (tertiary/aromatic N) is 2. The molecular formula is C14H17N3O2. The van der Waals surface area contributed by atoms with E-state index in [2.05, 4.69) is 15.3 Å². The normalized spacial score (nSPS) is 10.1. The maximum atomic E-state index is 5.25. The van der Waals surface area contributed by atoms with Gasteiger partial charge in [-0.25, -0.2) is 9.97 Å². The summed E-state index contributed by atoms with van der Waals surface area (Å²) in [6.45, 7) is 1.96. The first-order valence-electron chi connectivity index (χ1n) is 5.92. The van der Waals surface area contributed by atoms with Crippen LogP contribution in [0.4, 0.5) is 5.82 Å². The SMILES string of the molecule is CNc1nc(-c2cc(OC)cc(OC)c2)ncc1C. The van der Waals surface area contributed by atoms with E-state index in [1.54, 1.807) is 20.4 Å². The highest BCUT2D eigenvalue weighted by molar-refractivity contribution is 5.62. The molecule has 19 heavy (non-hydrogen) atoms. The third-order valence-corrected chi connectivity index (χ3v) is 2.82. The van der Waals surface area contributed by atoms with Crippen molar-refractivity contribution in [3.05, 3.63) is 30.0 Å². The Labute approximate surface area is 112 Å². The van der Waals surface area contributed by atoms with Crippen LogP contribution < -0.4 is 14.8 Å². The molecule has 0 unspecified atom stereocenters. The van der Waals surface area contributed by atoms with E-state index in [-0.39, 0.29) is 0 Å². The first-order chi connectivity index (χ1) is 9.17. The molecule has 5 heteroatoms. The van der Waals surface area contributed by atoms with Crippen molar-refractivity contribution >= 4 is 5.82 Å². The van der Waals surface area contributed by atoms with Crippen molar-refractivity contribution in [2.75, 3.05) is 26.6 Å².